The number of ether oxygens (including phenoxy) is 3. The van der Waals surface area contributed by atoms with Gasteiger partial charge in [0.25, 0.3) is 0 Å². The van der Waals surface area contributed by atoms with E-state index in [1.54, 1.807) is 21.3 Å². The van der Waals surface area contributed by atoms with Gasteiger partial charge in [0.2, 0.25) is 5.75 Å². The first-order valence-corrected chi connectivity index (χ1v) is 10.3. The van der Waals surface area contributed by atoms with Gasteiger partial charge in [0.1, 0.15) is 0 Å². The highest BCUT2D eigenvalue weighted by molar-refractivity contribution is 6.30. The molecule has 0 amide bonds. The molecule has 0 atom stereocenters. The van der Waals surface area contributed by atoms with Gasteiger partial charge in [-0.25, -0.2) is 0 Å². The third kappa shape index (κ3) is 5.02. The molecule has 1 saturated heterocycles. The summed E-state index contributed by atoms with van der Waals surface area (Å²) in [5.41, 5.74) is 8.43. The van der Waals surface area contributed by atoms with E-state index < -0.39 is 0 Å². The summed E-state index contributed by atoms with van der Waals surface area (Å²) in [6, 6.07) is 11.8. The predicted octanol–water partition coefficient (Wildman–Crippen LogP) is 3.05. The van der Waals surface area contributed by atoms with E-state index >= 15 is 0 Å². The van der Waals surface area contributed by atoms with Crippen molar-refractivity contribution >= 4 is 23.2 Å². The van der Waals surface area contributed by atoms with Crippen LogP contribution < -0.4 is 24.8 Å². The average molecular weight is 433 g/mol. The number of hydrogen-bond acceptors (Lipinski definition) is 5. The number of nitrogens with two attached hydrogens (primary N) is 1. The molecule has 7 nitrogen and oxygen atoms in total. The minimum absolute atomic E-state index is 0.565. The van der Waals surface area contributed by atoms with Crippen LogP contribution in [0.25, 0.3) is 0 Å². The maximum atomic E-state index is 6.25. The Kier molecular flexibility index (Phi) is 7.52. The van der Waals surface area contributed by atoms with E-state index in [-0.39, 0.29) is 0 Å². The number of halogens is 1. The summed E-state index contributed by atoms with van der Waals surface area (Å²) in [4.78, 5) is 9.03. The molecular weight excluding hydrogens is 404 g/mol. The monoisotopic (exact) mass is 432 g/mol. The zero-order chi connectivity index (χ0) is 21.5. The standard InChI is InChI=1S/C22H29ClN4O3/c1-28-19-9-4-16(20(29-2)21(19)30-3)10-11-25-22(24)27-14-12-26(13-15-27)18-7-5-17(23)6-8-18/h4-9H,10-15H2,1-3H3,(H2,24,25). The fourth-order valence-electron chi connectivity index (χ4n) is 3.60. The number of benzene rings is 2. The lowest BCUT2D eigenvalue weighted by atomic mass is 10.1. The molecule has 8 heteroatoms. The Labute approximate surface area is 183 Å². The van der Waals surface area contributed by atoms with E-state index in [9.17, 15) is 0 Å². The molecule has 0 aromatic heterocycles. The fraction of sp³-hybridized carbons (Fsp3) is 0.409. The molecule has 0 unspecified atom stereocenters. The van der Waals surface area contributed by atoms with Crippen LogP contribution >= 0.6 is 11.6 Å². The molecule has 0 radical (unpaired) electrons. The van der Waals surface area contributed by atoms with E-state index in [0.29, 0.717) is 36.2 Å². The topological polar surface area (TPSA) is 72.6 Å². The molecular formula is C22H29ClN4O3. The van der Waals surface area contributed by atoms with Gasteiger partial charge in [0, 0.05) is 49.0 Å². The van der Waals surface area contributed by atoms with Crippen LogP contribution in [-0.4, -0.2) is 64.9 Å². The van der Waals surface area contributed by atoms with Crippen molar-refractivity contribution in [2.75, 3.05) is 59.0 Å². The van der Waals surface area contributed by atoms with Gasteiger partial charge in [0.15, 0.2) is 17.5 Å². The van der Waals surface area contributed by atoms with Crippen LogP contribution in [0.3, 0.4) is 0 Å². The number of rotatable bonds is 7. The van der Waals surface area contributed by atoms with Gasteiger partial charge < -0.3 is 29.7 Å². The molecule has 1 aliphatic heterocycles. The minimum atomic E-state index is 0.565. The number of piperazine rings is 1. The maximum Gasteiger partial charge on any atom is 0.203 e. The lowest BCUT2D eigenvalue weighted by molar-refractivity contribution is 0.322. The van der Waals surface area contributed by atoms with Gasteiger partial charge in [-0.1, -0.05) is 17.7 Å². The van der Waals surface area contributed by atoms with E-state index in [1.807, 2.05) is 36.4 Å². The Morgan fingerprint density at radius 2 is 1.60 bits per heavy atom. The van der Waals surface area contributed by atoms with Crippen molar-refractivity contribution in [3.05, 3.63) is 47.0 Å². The summed E-state index contributed by atoms with van der Waals surface area (Å²) in [5, 5.41) is 0.750. The SMILES string of the molecule is COc1ccc(CCN=C(N)N2CCN(c3ccc(Cl)cc3)CC2)c(OC)c1OC. The number of nitrogens with zero attached hydrogens (tertiary/aromatic N) is 3. The second-order valence-corrected chi connectivity index (χ2v) is 7.37. The van der Waals surface area contributed by atoms with Crippen LogP contribution in [0.2, 0.25) is 5.02 Å². The number of anilines is 1. The number of aliphatic imine (C=N–C) groups is 1. The fourth-order valence-corrected chi connectivity index (χ4v) is 3.72. The molecule has 162 valence electrons. The number of hydrogen-bond donors (Lipinski definition) is 1. The summed E-state index contributed by atoms with van der Waals surface area (Å²) in [6.45, 7) is 4.01. The molecule has 0 bridgehead atoms. The Morgan fingerprint density at radius 3 is 2.20 bits per heavy atom. The highest BCUT2D eigenvalue weighted by atomic mass is 35.5. The molecule has 0 aliphatic carbocycles. The van der Waals surface area contributed by atoms with Gasteiger partial charge in [-0.3, -0.25) is 4.99 Å². The van der Waals surface area contributed by atoms with Crippen LogP contribution in [-0.2, 0) is 6.42 Å². The van der Waals surface area contributed by atoms with Crippen LogP contribution in [0.1, 0.15) is 5.56 Å². The van der Waals surface area contributed by atoms with E-state index in [2.05, 4.69) is 14.8 Å². The quantitative estimate of drug-likeness (QED) is 0.535. The molecule has 0 saturated carbocycles. The van der Waals surface area contributed by atoms with Crippen LogP contribution in [0, 0.1) is 0 Å². The van der Waals surface area contributed by atoms with E-state index in [0.717, 1.165) is 36.8 Å². The van der Waals surface area contributed by atoms with Crippen LogP contribution in [0.15, 0.2) is 41.4 Å². The number of guanidine groups is 1. The molecule has 30 heavy (non-hydrogen) atoms. The molecule has 3 rings (SSSR count). The lowest BCUT2D eigenvalue weighted by Crippen LogP contribution is -2.51. The Hall–Kier alpha value is -2.80. The van der Waals surface area contributed by atoms with Crippen molar-refractivity contribution in [3.63, 3.8) is 0 Å². The molecule has 2 N–H and O–H groups in total. The Balaban J connectivity index is 1.57. The summed E-state index contributed by atoms with van der Waals surface area (Å²) in [6.07, 6.45) is 0.689. The lowest BCUT2D eigenvalue weighted by Gasteiger charge is -2.36. The van der Waals surface area contributed by atoms with E-state index in [4.69, 9.17) is 31.5 Å². The Bertz CT molecular complexity index is 865. The second kappa shape index (κ2) is 10.3. The summed E-state index contributed by atoms with van der Waals surface area (Å²) in [5.74, 6) is 2.47. The Morgan fingerprint density at radius 1 is 0.933 bits per heavy atom. The van der Waals surface area contributed by atoms with Crippen LogP contribution in [0.5, 0.6) is 17.2 Å². The van der Waals surface area contributed by atoms with Gasteiger partial charge >= 0.3 is 0 Å². The molecule has 0 spiro atoms. The first kappa shape index (κ1) is 21.9. The summed E-state index contributed by atoms with van der Waals surface area (Å²) in [7, 11) is 4.83. The van der Waals surface area contributed by atoms with Crippen molar-refractivity contribution < 1.29 is 14.2 Å². The largest absolute Gasteiger partial charge is 0.493 e. The number of methoxy groups -OCH3 is 3. The molecule has 2 aromatic rings. The predicted molar refractivity (Wildman–Crippen MR) is 122 cm³/mol. The van der Waals surface area contributed by atoms with Crippen molar-refractivity contribution in [2.24, 2.45) is 10.7 Å². The summed E-state index contributed by atoms with van der Waals surface area (Å²) < 4.78 is 16.3. The zero-order valence-electron chi connectivity index (χ0n) is 17.7. The molecule has 1 fully saturated rings. The highest BCUT2D eigenvalue weighted by Crippen LogP contribution is 2.39. The zero-order valence-corrected chi connectivity index (χ0v) is 18.5. The smallest absolute Gasteiger partial charge is 0.203 e. The summed E-state index contributed by atoms with van der Waals surface area (Å²) >= 11 is 5.98. The first-order chi connectivity index (χ1) is 14.6. The molecule has 2 aromatic carbocycles. The highest BCUT2D eigenvalue weighted by Gasteiger charge is 2.19. The van der Waals surface area contributed by atoms with Crippen molar-refractivity contribution in [1.29, 1.82) is 0 Å². The van der Waals surface area contributed by atoms with Crippen molar-refractivity contribution in [1.82, 2.24) is 4.90 Å². The normalized spacial score (nSPS) is 14.6. The second-order valence-electron chi connectivity index (χ2n) is 6.93. The minimum Gasteiger partial charge on any atom is -0.493 e. The first-order valence-electron chi connectivity index (χ1n) is 9.90. The van der Waals surface area contributed by atoms with Gasteiger partial charge in [0.05, 0.1) is 21.3 Å². The third-order valence-corrected chi connectivity index (χ3v) is 5.49. The van der Waals surface area contributed by atoms with Crippen molar-refractivity contribution in [3.8, 4) is 17.2 Å². The van der Waals surface area contributed by atoms with Gasteiger partial charge in [-0.2, -0.15) is 0 Å². The molecule has 1 aliphatic rings. The maximum absolute atomic E-state index is 6.25. The average Bonchev–Trinajstić information content (AvgIpc) is 2.79. The molecule has 1 heterocycles. The van der Waals surface area contributed by atoms with Crippen molar-refractivity contribution in [2.45, 2.75) is 6.42 Å². The van der Waals surface area contributed by atoms with Gasteiger partial charge in [-0.05, 0) is 36.8 Å². The third-order valence-electron chi connectivity index (χ3n) is 5.24. The van der Waals surface area contributed by atoms with Gasteiger partial charge in [-0.15, -0.1) is 0 Å². The van der Waals surface area contributed by atoms with Crippen LogP contribution in [0.4, 0.5) is 5.69 Å². The van der Waals surface area contributed by atoms with E-state index in [1.165, 1.54) is 5.69 Å².